The van der Waals surface area contributed by atoms with Crippen molar-refractivity contribution < 1.29 is 9.47 Å². The first kappa shape index (κ1) is 14.2. The molecule has 1 aromatic carbocycles. The summed E-state index contributed by atoms with van der Waals surface area (Å²) in [5.41, 5.74) is 6.72. The quantitative estimate of drug-likeness (QED) is 0.884. The van der Waals surface area contributed by atoms with Crippen molar-refractivity contribution in [3.63, 3.8) is 0 Å². The second-order valence-corrected chi connectivity index (χ2v) is 5.30. The molecule has 0 heterocycles. The lowest BCUT2D eigenvalue weighted by Gasteiger charge is -2.31. The van der Waals surface area contributed by atoms with Crippen molar-refractivity contribution in [1.29, 1.82) is 0 Å². The smallest absolute Gasteiger partial charge is 0.161 e. The van der Waals surface area contributed by atoms with Crippen LogP contribution in [-0.2, 0) is 6.54 Å². The Morgan fingerprint density at radius 1 is 1.21 bits per heavy atom. The summed E-state index contributed by atoms with van der Waals surface area (Å²) in [6, 6.07) is 5.98. The largest absolute Gasteiger partial charge is 0.493 e. The normalized spacial score (nSPS) is 23.1. The molecule has 3 heteroatoms. The Bertz CT molecular complexity index is 406. The van der Waals surface area contributed by atoms with E-state index < -0.39 is 0 Å². The molecule has 0 amide bonds. The van der Waals surface area contributed by atoms with Crippen molar-refractivity contribution in [3.8, 4) is 11.5 Å². The second-order valence-electron chi connectivity index (χ2n) is 5.30. The van der Waals surface area contributed by atoms with Gasteiger partial charge in [0.05, 0.1) is 7.11 Å². The molecule has 2 unspecified atom stereocenters. The van der Waals surface area contributed by atoms with E-state index in [1.165, 1.54) is 25.7 Å². The van der Waals surface area contributed by atoms with Crippen molar-refractivity contribution in [1.82, 2.24) is 0 Å². The predicted octanol–water partition coefficient (Wildman–Crippen LogP) is 3.50. The fourth-order valence-corrected chi connectivity index (χ4v) is 2.90. The van der Waals surface area contributed by atoms with Crippen LogP contribution in [0, 0.1) is 5.92 Å². The van der Waals surface area contributed by atoms with E-state index in [0.717, 1.165) is 23.5 Å². The molecule has 1 aliphatic rings. The van der Waals surface area contributed by atoms with Gasteiger partial charge in [-0.1, -0.05) is 19.4 Å². The van der Waals surface area contributed by atoms with Crippen LogP contribution in [0.2, 0.25) is 0 Å². The molecule has 1 saturated carbocycles. The van der Waals surface area contributed by atoms with Crippen LogP contribution in [0.5, 0.6) is 11.5 Å². The minimum atomic E-state index is 0.330. The molecule has 106 valence electrons. The van der Waals surface area contributed by atoms with Gasteiger partial charge in [0.1, 0.15) is 6.10 Å². The molecular formula is C16H25NO2. The van der Waals surface area contributed by atoms with Crippen LogP contribution in [0.3, 0.4) is 0 Å². The van der Waals surface area contributed by atoms with E-state index in [1.54, 1.807) is 7.11 Å². The van der Waals surface area contributed by atoms with E-state index in [1.807, 2.05) is 18.2 Å². The maximum Gasteiger partial charge on any atom is 0.161 e. The third-order valence-corrected chi connectivity index (χ3v) is 4.11. The van der Waals surface area contributed by atoms with Gasteiger partial charge in [-0.25, -0.2) is 0 Å². The molecule has 0 aromatic heterocycles. The van der Waals surface area contributed by atoms with Crippen LogP contribution < -0.4 is 15.2 Å². The van der Waals surface area contributed by atoms with Crippen LogP contribution in [0.1, 0.15) is 44.6 Å². The van der Waals surface area contributed by atoms with E-state index in [-0.39, 0.29) is 0 Å². The summed E-state index contributed by atoms with van der Waals surface area (Å²) in [4.78, 5) is 0. The maximum atomic E-state index is 6.21. The number of rotatable bonds is 5. The summed E-state index contributed by atoms with van der Waals surface area (Å²) in [6.07, 6.45) is 6.56. The third-order valence-electron chi connectivity index (χ3n) is 4.11. The number of hydrogen-bond donors (Lipinski definition) is 1. The van der Waals surface area contributed by atoms with Gasteiger partial charge >= 0.3 is 0 Å². The zero-order valence-corrected chi connectivity index (χ0v) is 12.0. The molecule has 2 atom stereocenters. The lowest BCUT2D eigenvalue weighted by Crippen LogP contribution is -2.30. The second kappa shape index (κ2) is 6.80. The first-order valence-corrected chi connectivity index (χ1v) is 7.32. The van der Waals surface area contributed by atoms with Crippen LogP contribution in [0.15, 0.2) is 18.2 Å². The van der Waals surface area contributed by atoms with Crippen molar-refractivity contribution in [2.24, 2.45) is 11.7 Å². The average molecular weight is 263 g/mol. The monoisotopic (exact) mass is 263 g/mol. The SMILES string of the molecule is CCC1CCCCC1Oc1ccc(CN)cc1OC. The highest BCUT2D eigenvalue weighted by Gasteiger charge is 2.26. The van der Waals surface area contributed by atoms with Gasteiger partial charge in [-0.15, -0.1) is 0 Å². The zero-order valence-electron chi connectivity index (χ0n) is 12.0. The van der Waals surface area contributed by atoms with Crippen LogP contribution in [-0.4, -0.2) is 13.2 Å². The number of methoxy groups -OCH3 is 1. The van der Waals surface area contributed by atoms with Crippen LogP contribution in [0.4, 0.5) is 0 Å². The van der Waals surface area contributed by atoms with Crippen molar-refractivity contribution in [3.05, 3.63) is 23.8 Å². The molecule has 0 bridgehead atoms. The molecular weight excluding hydrogens is 238 g/mol. The first-order valence-electron chi connectivity index (χ1n) is 7.32. The van der Waals surface area contributed by atoms with Gasteiger partial charge in [-0.3, -0.25) is 0 Å². The molecule has 2 rings (SSSR count). The lowest BCUT2D eigenvalue weighted by atomic mass is 9.85. The Morgan fingerprint density at radius 2 is 2.00 bits per heavy atom. The maximum absolute atomic E-state index is 6.21. The highest BCUT2D eigenvalue weighted by Crippen LogP contribution is 2.34. The van der Waals surface area contributed by atoms with E-state index in [4.69, 9.17) is 15.2 Å². The molecule has 2 N–H and O–H groups in total. The minimum Gasteiger partial charge on any atom is -0.493 e. The summed E-state index contributed by atoms with van der Waals surface area (Å²) in [5, 5.41) is 0. The standard InChI is InChI=1S/C16H25NO2/c1-3-13-6-4-5-7-14(13)19-15-9-8-12(11-17)10-16(15)18-2/h8-10,13-14H,3-7,11,17H2,1-2H3. The van der Waals surface area contributed by atoms with Gasteiger partial charge in [-0.2, -0.15) is 0 Å². The Balaban J connectivity index is 2.12. The predicted molar refractivity (Wildman–Crippen MR) is 77.6 cm³/mol. The average Bonchev–Trinajstić information content (AvgIpc) is 2.48. The number of nitrogens with two attached hydrogens (primary N) is 1. The molecule has 0 radical (unpaired) electrons. The van der Waals surface area contributed by atoms with Gasteiger partial charge in [0.2, 0.25) is 0 Å². The third kappa shape index (κ3) is 3.41. The molecule has 1 aliphatic carbocycles. The van der Waals surface area contributed by atoms with E-state index in [9.17, 15) is 0 Å². The number of hydrogen-bond acceptors (Lipinski definition) is 3. The molecule has 0 saturated heterocycles. The fourth-order valence-electron chi connectivity index (χ4n) is 2.90. The zero-order chi connectivity index (χ0) is 13.7. The van der Waals surface area contributed by atoms with Crippen LogP contribution in [0.25, 0.3) is 0 Å². The summed E-state index contributed by atoms with van der Waals surface area (Å²) in [7, 11) is 1.68. The van der Waals surface area contributed by atoms with Gasteiger partial charge in [0, 0.05) is 6.54 Å². The van der Waals surface area contributed by atoms with Gasteiger partial charge in [0.15, 0.2) is 11.5 Å². The topological polar surface area (TPSA) is 44.5 Å². The first-order chi connectivity index (χ1) is 9.28. The van der Waals surface area contributed by atoms with Crippen molar-refractivity contribution >= 4 is 0 Å². The Kier molecular flexibility index (Phi) is 5.08. The number of ether oxygens (including phenoxy) is 2. The molecule has 0 aliphatic heterocycles. The van der Waals surface area contributed by atoms with E-state index in [0.29, 0.717) is 18.6 Å². The van der Waals surface area contributed by atoms with E-state index in [2.05, 4.69) is 6.92 Å². The Labute approximate surface area is 116 Å². The summed E-state index contributed by atoms with van der Waals surface area (Å²) < 4.78 is 11.6. The lowest BCUT2D eigenvalue weighted by molar-refractivity contribution is 0.0873. The van der Waals surface area contributed by atoms with Gasteiger partial charge in [-0.05, 0) is 49.3 Å². The summed E-state index contributed by atoms with van der Waals surface area (Å²) in [5.74, 6) is 2.32. The molecule has 3 nitrogen and oxygen atoms in total. The highest BCUT2D eigenvalue weighted by atomic mass is 16.5. The molecule has 19 heavy (non-hydrogen) atoms. The van der Waals surface area contributed by atoms with Crippen molar-refractivity contribution in [2.75, 3.05) is 7.11 Å². The molecule has 0 spiro atoms. The highest BCUT2D eigenvalue weighted by molar-refractivity contribution is 5.43. The molecule has 1 aromatic rings. The Morgan fingerprint density at radius 3 is 2.68 bits per heavy atom. The molecule has 1 fully saturated rings. The van der Waals surface area contributed by atoms with E-state index >= 15 is 0 Å². The summed E-state index contributed by atoms with van der Waals surface area (Å²) >= 11 is 0. The summed E-state index contributed by atoms with van der Waals surface area (Å²) in [6.45, 7) is 2.78. The van der Waals surface area contributed by atoms with Crippen LogP contribution >= 0.6 is 0 Å². The fraction of sp³-hybridized carbons (Fsp3) is 0.625. The van der Waals surface area contributed by atoms with Crippen molar-refractivity contribution in [2.45, 2.75) is 51.7 Å². The van der Waals surface area contributed by atoms with Gasteiger partial charge in [0.25, 0.3) is 0 Å². The van der Waals surface area contributed by atoms with Gasteiger partial charge < -0.3 is 15.2 Å². The number of benzene rings is 1. The minimum absolute atomic E-state index is 0.330. The Hall–Kier alpha value is -1.22.